The Bertz CT molecular complexity index is 342. The van der Waals surface area contributed by atoms with Gasteiger partial charge in [0.15, 0.2) is 0 Å². The van der Waals surface area contributed by atoms with Crippen LogP contribution in [0, 0.1) is 11.8 Å². The van der Waals surface area contributed by atoms with Crippen molar-refractivity contribution in [1.82, 2.24) is 5.32 Å². The van der Waals surface area contributed by atoms with E-state index in [0.717, 1.165) is 13.1 Å². The van der Waals surface area contributed by atoms with Gasteiger partial charge in [-0.05, 0) is 58.6 Å². The van der Waals surface area contributed by atoms with Gasteiger partial charge in [-0.15, -0.1) is 11.3 Å². The van der Waals surface area contributed by atoms with Crippen LogP contribution in [-0.2, 0) is 6.54 Å². The van der Waals surface area contributed by atoms with Crippen molar-refractivity contribution in [3.63, 3.8) is 0 Å². The molecule has 0 radical (unpaired) electrons. The van der Waals surface area contributed by atoms with Gasteiger partial charge >= 0.3 is 0 Å². The third-order valence-corrected chi connectivity index (χ3v) is 5.61. The Labute approximate surface area is 116 Å². The molecule has 1 fully saturated rings. The smallest absolute Gasteiger partial charge is 0.0462 e. The summed E-state index contributed by atoms with van der Waals surface area (Å²) >= 11 is 5.33. The second kappa shape index (κ2) is 6.88. The van der Waals surface area contributed by atoms with Crippen LogP contribution in [0.2, 0.25) is 0 Å². The van der Waals surface area contributed by atoms with Crippen molar-refractivity contribution in [2.45, 2.75) is 32.2 Å². The third-order valence-electron chi connectivity index (χ3n) is 3.68. The Morgan fingerprint density at radius 1 is 1.35 bits per heavy atom. The summed E-state index contributed by atoms with van der Waals surface area (Å²) in [7, 11) is 0. The molecule has 2 atom stereocenters. The molecule has 0 spiro atoms. The van der Waals surface area contributed by atoms with Gasteiger partial charge in [0.05, 0.1) is 0 Å². The first kappa shape index (κ1) is 13.5. The van der Waals surface area contributed by atoms with Crippen molar-refractivity contribution < 1.29 is 5.11 Å². The zero-order valence-corrected chi connectivity index (χ0v) is 12.4. The molecule has 1 aliphatic rings. The number of thiophene rings is 1. The first-order chi connectivity index (χ1) is 8.31. The largest absolute Gasteiger partial charge is 0.396 e. The molecule has 1 saturated carbocycles. The van der Waals surface area contributed by atoms with E-state index < -0.39 is 0 Å². The lowest BCUT2D eigenvalue weighted by molar-refractivity contribution is 0.133. The molecular formula is C13H20BrNOS. The van der Waals surface area contributed by atoms with Gasteiger partial charge in [0, 0.05) is 22.5 Å². The van der Waals surface area contributed by atoms with Crippen LogP contribution in [0.4, 0.5) is 0 Å². The van der Waals surface area contributed by atoms with Crippen LogP contribution in [0.5, 0.6) is 0 Å². The SMILES string of the molecule is OCC1CCCCC1CNCc1sccc1Br. The number of aliphatic hydroxyl groups is 1. The molecule has 1 aliphatic carbocycles. The van der Waals surface area contributed by atoms with Gasteiger partial charge in [0.2, 0.25) is 0 Å². The minimum atomic E-state index is 0.356. The van der Waals surface area contributed by atoms with E-state index in [1.54, 1.807) is 11.3 Å². The zero-order chi connectivity index (χ0) is 12.1. The number of halogens is 1. The summed E-state index contributed by atoms with van der Waals surface area (Å²) in [6, 6.07) is 2.10. The lowest BCUT2D eigenvalue weighted by Gasteiger charge is -2.30. The van der Waals surface area contributed by atoms with Crippen LogP contribution in [0.3, 0.4) is 0 Å². The van der Waals surface area contributed by atoms with Crippen molar-refractivity contribution in [1.29, 1.82) is 0 Å². The van der Waals surface area contributed by atoms with E-state index in [1.807, 2.05) is 0 Å². The molecule has 0 aromatic carbocycles. The average Bonchev–Trinajstić information content (AvgIpc) is 2.76. The van der Waals surface area contributed by atoms with E-state index >= 15 is 0 Å². The predicted molar refractivity (Wildman–Crippen MR) is 76.3 cm³/mol. The fourth-order valence-corrected chi connectivity index (χ4v) is 4.08. The molecular weight excluding hydrogens is 298 g/mol. The molecule has 2 rings (SSSR count). The summed E-state index contributed by atoms with van der Waals surface area (Å²) in [5.41, 5.74) is 0. The second-order valence-electron chi connectivity index (χ2n) is 4.81. The summed E-state index contributed by atoms with van der Waals surface area (Å²) in [6.45, 7) is 2.33. The predicted octanol–water partition coefficient (Wildman–Crippen LogP) is 3.40. The van der Waals surface area contributed by atoms with Crippen LogP contribution < -0.4 is 5.32 Å². The van der Waals surface area contributed by atoms with Crippen molar-refractivity contribution in [3.05, 3.63) is 20.8 Å². The topological polar surface area (TPSA) is 32.3 Å². The van der Waals surface area contributed by atoms with E-state index in [-0.39, 0.29) is 0 Å². The van der Waals surface area contributed by atoms with Gasteiger partial charge in [0.1, 0.15) is 0 Å². The summed E-state index contributed by atoms with van der Waals surface area (Å²) in [5.74, 6) is 1.18. The summed E-state index contributed by atoms with van der Waals surface area (Å²) in [6.07, 6.45) is 5.08. The Kier molecular flexibility index (Phi) is 5.48. The van der Waals surface area contributed by atoms with E-state index in [1.165, 1.54) is 35.0 Å². The molecule has 2 unspecified atom stereocenters. The number of hydrogen-bond donors (Lipinski definition) is 2. The lowest BCUT2D eigenvalue weighted by atomic mass is 9.79. The number of rotatable bonds is 5. The summed E-state index contributed by atoms with van der Waals surface area (Å²) < 4.78 is 1.21. The molecule has 1 aromatic heterocycles. The maximum absolute atomic E-state index is 9.36. The van der Waals surface area contributed by atoms with Crippen LogP contribution in [-0.4, -0.2) is 18.3 Å². The molecule has 0 bridgehead atoms. The minimum absolute atomic E-state index is 0.356. The van der Waals surface area contributed by atoms with Gasteiger partial charge in [0.25, 0.3) is 0 Å². The Balaban J connectivity index is 1.75. The minimum Gasteiger partial charge on any atom is -0.396 e. The van der Waals surface area contributed by atoms with Crippen molar-refractivity contribution in [2.75, 3.05) is 13.2 Å². The Morgan fingerprint density at radius 3 is 2.76 bits per heavy atom. The van der Waals surface area contributed by atoms with Crippen LogP contribution in [0.1, 0.15) is 30.6 Å². The van der Waals surface area contributed by atoms with Gasteiger partial charge in [-0.1, -0.05) is 12.8 Å². The summed E-state index contributed by atoms with van der Waals surface area (Å²) in [5, 5.41) is 15.0. The highest BCUT2D eigenvalue weighted by molar-refractivity contribution is 9.10. The standard InChI is InChI=1S/C13H20BrNOS/c14-12-5-6-17-13(12)8-15-7-10-3-1-2-4-11(10)9-16/h5-6,10-11,15-16H,1-4,7-9H2. The Hall–Kier alpha value is 0.100. The van der Waals surface area contributed by atoms with Crippen molar-refractivity contribution in [3.8, 4) is 0 Å². The van der Waals surface area contributed by atoms with Crippen LogP contribution in [0.25, 0.3) is 0 Å². The quantitative estimate of drug-likeness (QED) is 0.872. The molecule has 17 heavy (non-hydrogen) atoms. The molecule has 2 nitrogen and oxygen atoms in total. The normalized spacial score (nSPS) is 25.1. The molecule has 2 N–H and O–H groups in total. The monoisotopic (exact) mass is 317 g/mol. The fraction of sp³-hybridized carbons (Fsp3) is 0.692. The van der Waals surface area contributed by atoms with Crippen molar-refractivity contribution >= 4 is 27.3 Å². The van der Waals surface area contributed by atoms with Gasteiger partial charge in [-0.2, -0.15) is 0 Å². The number of aliphatic hydroxyl groups excluding tert-OH is 1. The number of nitrogens with one attached hydrogen (secondary N) is 1. The van der Waals surface area contributed by atoms with Crippen molar-refractivity contribution in [2.24, 2.45) is 11.8 Å². The molecule has 1 aromatic rings. The van der Waals surface area contributed by atoms with Crippen LogP contribution in [0.15, 0.2) is 15.9 Å². The molecule has 0 saturated heterocycles. The van der Waals surface area contributed by atoms with E-state index in [0.29, 0.717) is 18.4 Å². The average molecular weight is 318 g/mol. The van der Waals surface area contributed by atoms with Gasteiger partial charge in [-0.25, -0.2) is 0 Å². The van der Waals surface area contributed by atoms with E-state index in [2.05, 4.69) is 32.7 Å². The second-order valence-corrected chi connectivity index (χ2v) is 6.66. The first-order valence-electron chi connectivity index (χ1n) is 6.34. The maximum atomic E-state index is 9.36. The highest BCUT2D eigenvalue weighted by Gasteiger charge is 2.23. The molecule has 96 valence electrons. The van der Waals surface area contributed by atoms with Gasteiger partial charge in [-0.3, -0.25) is 0 Å². The van der Waals surface area contributed by atoms with E-state index in [9.17, 15) is 5.11 Å². The lowest BCUT2D eigenvalue weighted by Crippen LogP contribution is -2.32. The van der Waals surface area contributed by atoms with Crippen LogP contribution >= 0.6 is 27.3 Å². The molecule has 0 aliphatic heterocycles. The maximum Gasteiger partial charge on any atom is 0.0462 e. The van der Waals surface area contributed by atoms with E-state index in [4.69, 9.17) is 0 Å². The first-order valence-corrected chi connectivity index (χ1v) is 8.02. The zero-order valence-electron chi connectivity index (χ0n) is 9.99. The molecule has 4 heteroatoms. The van der Waals surface area contributed by atoms with Gasteiger partial charge < -0.3 is 10.4 Å². The highest BCUT2D eigenvalue weighted by Crippen LogP contribution is 2.29. The fourth-order valence-electron chi connectivity index (χ4n) is 2.62. The third kappa shape index (κ3) is 3.78. The molecule has 1 heterocycles. The molecule has 0 amide bonds. The number of hydrogen-bond acceptors (Lipinski definition) is 3. The summed E-state index contributed by atoms with van der Waals surface area (Å²) in [4.78, 5) is 1.36. The highest BCUT2D eigenvalue weighted by atomic mass is 79.9. The Morgan fingerprint density at radius 2 is 2.12 bits per heavy atom.